The van der Waals surface area contributed by atoms with Crippen LogP contribution in [0.4, 0.5) is 0 Å². The first-order valence-corrected chi connectivity index (χ1v) is 12.6. The predicted molar refractivity (Wildman–Crippen MR) is 127 cm³/mol. The van der Waals surface area contributed by atoms with E-state index in [2.05, 4.69) is 10.00 Å². The summed E-state index contributed by atoms with van der Waals surface area (Å²) < 4.78 is 35.8. The Bertz CT molecular complexity index is 1260. The van der Waals surface area contributed by atoms with Gasteiger partial charge >= 0.3 is 0 Å². The molecule has 1 aliphatic rings. The Labute approximate surface area is 195 Å². The van der Waals surface area contributed by atoms with Gasteiger partial charge in [-0.2, -0.15) is 9.40 Å². The predicted octanol–water partition coefficient (Wildman–Crippen LogP) is 2.32. The molecule has 2 radical (unpaired) electrons. The molecular weight excluding hydrogens is 440 g/mol. The summed E-state index contributed by atoms with van der Waals surface area (Å²) in [5.74, 6) is 0.947. The fourth-order valence-corrected chi connectivity index (χ4v) is 5.61. The van der Waals surface area contributed by atoms with Crippen molar-refractivity contribution >= 4 is 21.1 Å². The number of likely N-dealkylation sites (N-methyl/N-ethyl adjacent to an activating group) is 1. The number of aromatic nitrogens is 4. The van der Waals surface area contributed by atoms with Crippen molar-refractivity contribution in [3.05, 3.63) is 36.5 Å². The first-order valence-electron chi connectivity index (χ1n) is 11.1. The van der Waals surface area contributed by atoms with E-state index in [9.17, 15) is 8.42 Å². The molecule has 0 spiro atoms. The average molecular weight is 471 g/mol. The van der Waals surface area contributed by atoms with Crippen LogP contribution in [0.5, 0.6) is 5.75 Å². The van der Waals surface area contributed by atoms with Crippen LogP contribution >= 0.6 is 0 Å². The van der Waals surface area contributed by atoms with E-state index in [4.69, 9.17) is 21.6 Å². The molecule has 1 fully saturated rings. The molecule has 176 valence electrons. The highest BCUT2D eigenvalue weighted by atomic mass is 32.2. The van der Waals surface area contributed by atoms with Gasteiger partial charge in [-0.3, -0.25) is 4.68 Å². The van der Waals surface area contributed by atoms with E-state index >= 15 is 0 Å². The molecule has 0 atom stereocenters. The number of rotatable bonds is 7. The molecule has 3 heterocycles. The molecule has 0 aliphatic carbocycles. The zero-order chi connectivity index (χ0) is 23.8. The van der Waals surface area contributed by atoms with Crippen molar-refractivity contribution in [2.24, 2.45) is 7.05 Å². The van der Waals surface area contributed by atoms with Crippen LogP contribution in [0.1, 0.15) is 24.7 Å². The number of aryl methyl sites for hydroxylation is 3. The van der Waals surface area contributed by atoms with Gasteiger partial charge in [0.2, 0.25) is 10.0 Å². The summed E-state index contributed by atoms with van der Waals surface area (Å²) in [4.78, 5) is 11.8. The van der Waals surface area contributed by atoms with Crippen molar-refractivity contribution in [1.82, 2.24) is 29.0 Å². The van der Waals surface area contributed by atoms with Crippen LogP contribution in [-0.4, -0.2) is 77.2 Å². The first kappa shape index (κ1) is 23.6. The monoisotopic (exact) mass is 470 g/mol. The molecule has 0 saturated carbocycles. The average Bonchev–Trinajstić information content (AvgIpc) is 3.10. The van der Waals surface area contributed by atoms with E-state index in [-0.39, 0.29) is 4.90 Å². The lowest BCUT2D eigenvalue weighted by molar-refractivity contribution is 0.222. The summed E-state index contributed by atoms with van der Waals surface area (Å²) in [6.07, 6.45) is 1.04. The molecule has 0 N–H and O–H groups in total. The third-order valence-electron chi connectivity index (χ3n) is 5.90. The van der Waals surface area contributed by atoms with Gasteiger partial charge in [-0.15, -0.1) is 0 Å². The molecule has 0 amide bonds. The van der Waals surface area contributed by atoms with E-state index in [0.717, 1.165) is 22.4 Å². The van der Waals surface area contributed by atoms with Gasteiger partial charge in [0.1, 0.15) is 16.8 Å². The van der Waals surface area contributed by atoms with Crippen LogP contribution in [0.15, 0.2) is 23.1 Å². The maximum Gasteiger partial charge on any atom is 0.243 e. The third kappa shape index (κ3) is 4.47. The Hall–Kier alpha value is -2.56. The Morgan fingerprint density at radius 3 is 2.52 bits per heavy atom. The third-order valence-corrected chi connectivity index (χ3v) is 7.79. The molecule has 1 saturated heterocycles. The molecule has 3 aromatic rings. The first-order chi connectivity index (χ1) is 15.8. The van der Waals surface area contributed by atoms with Crippen molar-refractivity contribution in [3.8, 4) is 17.1 Å². The van der Waals surface area contributed by atoms with E-state index in [1.807, 2.05) is 27.9 Å². The second kappa shape index (κ2) is 9.36. The Morgan fingerprint density at radius 2 is 1.85 bits per heavy atom. The molecule has 0 bridgehead atoms. The lowest BCUT2D eigenvalue weighted by atomic mass is 10.1. The highest BCUT2D eigenvalue weighted by Crippen LogP contribution is 2.33. The number of sulfonamides is 1. The number of benzene rings is 1. The van der Waals surface area contributed by atoms with Crippen molar-refractivity contribution in [1.29, 1.82) is 0 Å². The summed E-state index contributed by atoms with van der Waals surface area (Å²) in [5, 5.41) is 4.55. The number of hydrogen-bond donors (Lipinski definition) is 0. The Morgan fingerprint density at radius 1 is 1.12 bits per heavy atom. The van der Waals surface area contributed by atoms with Gasteiger partial charge in [-0.1, -0.05) is 0 Å². The van der Waals surface area contributed by atoms with Crippen LogP contribution < -0.4 is 4.74 Å². The van der Waals surface area contributed by atoms with Crippen LogP contribution in [0, 0.1) is 13.8 Å². The maximum absolute atomic E-state index is 13.4. The molecule has 33 heavy (non-hydrogen) atoms. The Balaban J connectivity index is 1.84. The topological polar surface area (TPSA) is 93.4 Å². The van der Waals surface area contributed by atoms with Crippen LogP contribution in [0.3, 0.4) is 0 Å². The highest BCUT2D eigenvalue weighted by molar-refractivity contribution is 7.89. The van der Waals surface area contributed by atoms with E-state index in [0.29, 0.717) is 62.8 Å². The normalized spacial score (nSPS) is 15.9. The van der Waals surface area contributed by atoms with Crippen molar-refractivity contribution < 1.29 is 13.2 Å². The van der Waals surface area contributed by atoms with Crippen molar-refractivity contribution in [2.45, 2.75) is 31.6 Å². The van der Waals surface area contributed by atoms with E-state index < -0.39 is 10.0 Å². The largest absolute Gasteiger partial charge is 0.493 e. The molecule has 4 rings (SSSR count). The maximum atomic E-state index is 13.4. The summed E-state index contributed by atoms with van der Waals surface area (Å²) >= 11 is 0. The molecular formula is C23H30N6O3S. The number of fused-ring (bicyclic) bond motifs is 1. The molecule has 1 aliphatic heterocycles. The molecule has 10 heteroatoms. The van der Waals surface area contributed by atoms with Gasteiger partial charge in [0, 0.05) is 33.2 Å². The summed E-state index contributed by atoms with van der Waals surface area (Å²) in [6, 6.07) is 4.91. The van der Waals surface area contributed by atoms with Crippen LogP contribution in [0.25, 0.3) is 22.4 Å². The molecule has 0 unspecified atom stereocenters. The fraction of sp³-hybridized carbons (Fsp3) is 0.478. The SMILES string of the molecule is [CH]CCc1nn(C)c2c(C)nc(-c3cc(S(=O)(=O)N4CCN(C)CC4)ccc3OCC)nc12. The van der Waals surface area contributed by atoms with Gasteiger partial charge in [-0.25, -0.2) is 18.4 Å². The number of nitrogens with zero attached hydrogens (tertiary/aromatic N) is 6. The summed E-state index contributed by atoms with van der Waals surface area (Å²) in [7, 11) is 0.196. The minimum atomic E-state index is -3.65. The Kier molecular flexibility index (Phi) is 6.69. The zero-order valence-corrected chi connectivity index (χ0v) is 20.4. The summed E-state index contributed by atoms with van der Waals surface area (Å²) in [6.45, 7) is 12.3. The van der Waals surface area contributed by atoms with Crippen molar-refractivity contribution in [3.63, 3.8) is 0 Å². The van der Waals surface area contributed by atoms with Gasteiger partial charge < -0.3 is 9.64 Å². The zero-order valence-electron chi connectivity index (χ0n) is 19.6. The van der Waals surface area contributed by atoms with Crippen LogP contribution in [0.2, 0.25) is 0 Å². The lowest BCUT2D eigenvalue weighted by Crippen LogP contribution is -2.47. The van der Waals surface area contributed by atoms with E-state index in [1.54, 1.807) is 22.9 Å². The minimum Gasteiger partial charge on any atom is -0.493 e. The number of hydrogen-bond acceptors (Lipinski definition) is 7. The van der Waals surface area contributed by atoms with Gasteiger partial charge in [-0.05, 0) is 58.9 Å². The quantitative estimate of drug-likeness (QED) is 0.523. The van der Waals surface area contributed by atoms with Crippen molar-refractivity contribution in [2.75, 3.05) is 39.8 Å². The smallest absolute Gasteiger partial charge is 0.243 e. The standard InChI is InChI=1S/C23H30N6O3S/c1-6-8-19-21-22(28(5)26-19)16(3)24-23(25-21)18-15-17(9-10-20(18)32-7-2)33(30,31)29-13-11-27(4)12-14-29/h1,9-10,15H,6-8,11-14H2,2-5H3. The summed E-state index contributed by atoms with van der Waals surface area (Å²) in [5.41, 5.74) is 3.64. The molecule has 9 nitrogen and oxygen atoms in total. The number of ether oxygens (including phenoxy) is 1. The molecule has 2 aromatic heterocycles. The van der Waals surface area contributed by atoms with Gasteiger partial charge in [0.15, 0.2) is 5.82 Å². The highest BCUT2D eigenvalue weighted by Gasteiger charge is 2.29. The molecule has 1 aromatic carbocycles. The van der Waals surface area contributed by atoms with Gasteiger partial charge in [0.05, 0.1) is 28.5 Å². The number of piperazine rings is 1. The fourth-order valence-electron chi connectivity index (χ4n) is 4.16. The van der Waals surface area contributed by atoms with Gasteiger partial charge in [0.25, 0.3) is 0 Å². The second-order valence-corrected chi connectivity index (χ2v) is 10.2. The lowest BCUT2D eigenvalue weighted by Gasteiger charge is -2.31. The van der Waals surface area contributed by atoms with Crippen LogP contribution in [-0.2, 0) is 23.5 Å². The minimum absolute atomic E-state index is 0.209. The second-order valence-electron chi connectivity index (χ2n) is 8.24. The van der Waals surface area contributed by atoms with E-state index in [1.165, 1.54) is 4.31 Å².